The summed E-state index contributed by atoms with van der Waals surface area (Å²) in [6.07, 6.45) is 14.0. The van der Waals surface area contributed by atoms with Crippen LogP contribution in [0, 0.1) is 6.92 Å². The molecule has 0 saturated heterocycles. The summed E-state index contributed by atoms with van der Waals surface area (Å²) >= 11 is 0. The second-order valence-corrected chi connectivity index (χ2v) is 17.4. The van der Waals surface area contributed by atoms with Crippen LogP contribution in [-0.4, -0.2) is 15.0 Å². The number of hydrogen-bond acceptors (Lipinski definition) is 3. The lowest BCUT2D eigenvalue weighted by Gasteiger charge is -2.40. The van der Waals surface area contributed by atoms with Gasteiger partial charge in [0, 0.05) is 16.7 Å². The highest BCUT2D eigenvalue weighted by Crippen LogP contribution is 2.59. The van der Waals surface area contributed by atoms with E-state index in [0.29, 0.717) is 17.5 Å². The van der Waals surface area contributed by atoms with E-state index in [-0.39, 0.29) is 0 Å². The largest absolute Gasteiger partial charge is 0.208 e. The normalized spacial score (nSPS) is 13.9. The molecule has 0 atom stereocenters. The van der Waals surface area contributed by atoms with Crippen LogP contribution < -0.4 is 0 Å². The number of aromatic nitrogens is 3. The van der Waals surface area contributed by atoms with Crippen LogP contribution in [0.15, 0.2) is 206 Å². The lowest BCUT2D eigenvalue weighted by atomic mass is 9.61. The minimum absolute atomic E-state index is 0.503. The van der Waals surface area contributed by atoms with Gasteiger partial charge in [0.2, 0.25) is 0 Å². The predicted octanol–water partition coefficient (Wildman–Crippen LogP) is 16.0. The van der Waals surface area contributed by atoms with Crippen molar-refractivity contribution in [2.24, 2.45) is 0 Å². The zero-order valence-corrected chi connectivity index (χ0v) is 38.4. The Bertz CT molecular complexity index is 3280. The Balaban J connectivity index is 1.21. The maximum absolute atomic E-state index is 5.45. The van der Waals surface area contributed by atoms with Gasteiger partial charge in [0.1, 0.15) is 0 Å². The Morgan fingerprint density at radius 1 is 0.576 bits per heavy atom. The monoisotopic (exact) mass is 851 g/mol. The number of fused-ring (bicyclic) bond motifs is 9. The summed E-state index contributed by atoms with van der Waals surface area (Å²) in [7, 11) is 0. The van der Waals surface area contributed by atoms with Crippen LogP contribution in [-0.2, 0) is 11.8 Å². The van der Waals surface area contributed by atoms with Crippen molar-refractivity contribution in [3.63, 3.8) is 0 Å². The molecule has 0 fully saturated rings. The van der Waals surface area contributed by atoms with E-state index in [0.717, 1.165) is 46.2 Å². The fourth-order valence-electron chi connectivity index (χ4n) is 10.7. The van der Waals surface area contributed by atoms with E-state index in [1.807, 2.05) is 19.1 Å². The van der Waals surface area contributed by atoms with E-state index < -0.39 is 5.41 Å². The number of nitrogens with zero attached hydrogens (tertiary/aromatic N) is 3. The van der Waals surface area contributed by atoms with Gasteiger partial charge in [0.25, 0.3) is 0 Å². The molecule has 1 aromatic heterocycles. The molecule has 10 rings (SSSR count). The molecule has 320 valence electrons. The van der Waals surface area contributed by atoms with E-state index in [4.69, 9.17) is 15.0 Å². The minimum Gasteiger partial charge on any atom is -0.208 e. The molecule has 0 unspecified atom stereocenters. The smallest absolute Gasteiger partial charge is 0.164 e. The average Bonchev–Trinajstić information content (AvgIpc) is 3.65. The first-order valence-corrected chi connectivity index (χ1v) is 23.1. The number of benzene rings is 7. The van der Waals surface area contributed by atoms with Gasteiger partial charge in [-0.25, -0.2) is 15.0 Å². The third-order valence-corrected chi connectivity index (χ3v) is 13.7. The van der Waals surface area contributed by atoms with Gasteiger partial charge in [-0.1, -0.05) is 183 Å². The number of hydrogen-bond donors (Lipinski definition) is 0. The Morgan fingerprint density at radius 3 is 1.89 bits per heavy atom. The average molecular weight is 852 g/mol. The molecule has 0 bridgehead atoms. The van der Waals surface area contributed by atoms with Gasteiger partial charge in [-0.05, 0) is 154 Å². The van der Waals surface area contributed by atoms with Crippen LogP contribution in [0.5, 0.6) is 0 Å². The van der Waals surface area contributed by atoms with Gasteiger partial charge >= 0.3 is 0 Å². The molecule has 7 aromatic carbocycles. The molecule has 1 spiro atoms. The van der Waals surface area contributed by atoms with Crippen LogP contribution in [0.1, 0.15) is 84.4 Å². The lowest BCUT2D eigenvalue weighted by molar-refractivity contribution is 0.722. The van der Waals surface area contributed by atoms with Gasteiger partial charge in [0.05, 0.1) is 5.41 Å². The molecule has 0 radical (unpaired) electrons. The van der Waals surface area contributed by atoms with E-state index in [1.165, 1.54) is 72.3 Å². The maximum atomic E-state index is 5.45. The number of rotatable bonds is 10. The molecule has 0 amide bonds. The summed E-state index contributed by atoms with van der Waals surface area (Å²) in [5.74, 6) is 1.83. The summed E-state index contributed by atoms with van der Waals surface area (Å²) < 4.78 is 0. The van der Waals surface area contributed by atoms with Gasteiger partial charge in [-0.3, -0.25) is 0 Å². The van der Waals surface area contributed by atoms with E-state index in [1.54, 1.807) is 6.08 Å². The molecule has 0 aliphatic heterocycles. The van der Waals surface area contributed by atoms with Crippen molar-refractivity contribution >= 4 is 11.1 Å². The first kappa shape index (κ1) is 42.2. The molecule has 2 aliphatic rings. The van der Waals surface area contributed by atoms with Crippen LogP contribution in [0.3, 0.4) is 0 Å². The molecular weight excluding hydrogens is 799 g/mol. The third-order valence-electron chi connectivity index (χ3n) is 13.7. The topological polar surface area (TPSA) is 38.7 Å². The highest BCUT2D eigenvalue weighted by atomic mass is 15.0. The van der Waals surface area contributed by atoms with Crippen molar-refractivity contribution in [1.29, 1.82) is 0 Å². The van der Waals surface area contributed by atoms with Crippen molar-refractivity contribution in [3.8, 4) is 56.2 Å². The minimum atomic E-state index is -0.503. The predicted molar refractivity (Wildman–Crippen MR) is 277 cm³/mol. The summed E-state index contributed by atoms with van der Waals surface area (Å²) in [4.78, 5) is 16.1. The van der Waals surface area contributed by atoms with Crippen LogP contribution in [0.4, 0.5) is 0 Å². The first-order valence-electron chi connectivity index (χ1n) is 23.1. The Kier molecular flexibility index (Phi) is 11.3. The third kappa shape index (κ3) is 7.12. The molecular formula is C63H53N3. The van der Waals surface area contributed by atoms with Crippen molar-refractivity contribution in [1.82, 2.24) is 15.0 Å². The quantitative estimate of drug-likeness (QED) is 0.129. The van der Waals surface area contributed by atoms with Gasteiger partial charge < -0.3 is 0 Å². The Morgan fingerprint density at radius 2 is 1.20 bits per heavy atom. The maximum Gasteiger partial charge on any atom is 0.164 e. The van der Waals surface area contributed by atoms with E-state index in [2.05, 4.69) is 210 Å². The first-order chi connectivity index (χ1) is 32.4. The van der Waals surface area contributed by atoms with Crippen molar-refractivity contribution in [2.75, 3.05) is 0 Å². The molecule has 1 heterocycles. The second kappa shape index (κ2) is 17.7. The molecule has 0 N–H and O–H groups in total. The van der Waals surface area contributed by atoms with Crippen LogP contribution in [0.2, 0.25) is 0 Å². The summed E-state index contributed by atoms with van der Waals surface area (Å²) in [5, 5.41) is 0. The van der Waals surface area contributed by atoms with Gasteiger partial charge in [0.15, 0.2) is 17.5 Å². The van der Waals surface area contributed by atoms with Crippen molar-refractivity contribution in [2.45, 2.75) is 52.9 Å². The van der Waals surface area contributed by atoms with Gasteiger partial charge in [-0.2, -0.15) is 0 Å². The molecule has 3 nitrogen and oxygen atoms in total. The highest BCUT2D eigenvalue weighted by molar-refractivity contribution is 5.90. The zero-order valence-electron chi connectivity index (χ0n) is 38.4. The van der Waals surface area contributed by atoms with Gasteiger partial charge in [-0.15, -0.1) is 0 Å². The zero-order chi connectivity index (χ0) is 45.4. The van der Waals surface area contributed by atoms with Crippen molar-refractivity contribution in [3.05, 3.63) is 257 Å². The van der Waals surface area contributed by atoms with Crippen LogP contribution >= 0.6 is 0 Å². The second-order valence-electron chi connectivity index (χ2n) is 17.4. The summed E-state index contributed by atoms with van der Waals surface area (Å²) in [5.41, 5.74) is 22.3. The van der Waals surface area contributed by atoms with E-state index >= 15 is 0 Å². The summed E-state index contributed by atoms with van der Waals surface area (Å²) in [6, 6.07) is 57.9. The van der Waals surface area contributed by atoms with E-state index in [9.17, 15) is 0 Å². The molecule has 66 heavy (non-hydrogen) atoms. The highest BCUT2D eigenvalue weighted by Gasteiger charge is 2.49. The summed E-state index contributed by atoms with van der Waals surface area (Å²) in [6.45, 7) is 14.8. The molecule has 2 aliphatic carbocycles. The standard InChI is InChI=1S/C63H53N3/c1-7-11-23-43(9-3)60-64-61(47-34-35-55-54-28-17-20-33-58(54)63(59(55)40-47)56-31-18-15-26-45(56)36-46-27-16-19-32-57(46)63)66-62(65-60)50-38-48(44-24-13-12-14-25-44)37-49(39-50)52-29-21-30-53(42(52)6)51(10-4)41(5)22-8-2/h7-9,11-35,37-40H,1,10,36H2,2-6H3/b22-8-,23-11-,43-9+,51-41+. The van der Waals surface area contributed by atoms with Crippen LogP contribution in [0.25, 0.3) is 67.3 Å². The number of allylic oxidation sites excluding steroid dienone is 9. The Hall–Kier alpha value is -7.75. The molecule has 8 aromatic rings. The van der Waals surface area contributed by atoms with Crippen molar-refractivity contribution < 1.29 is 0 Å². The molecule has 3 heteroatoms. The lowest BCUT2D eigenvalue weighted by Crippen LogP contribution is -2.34. The fourth-order valence-corrected chi connectivity index (χ4v) is 10.7. The fraction of sp³-hybridized carbons (Fsp3) is 0.127. The SMILES string of the molecule is C=C/C=C\C(=C/C)c1nc(-c2cc(-c3ccccc3)cc(-c3cccc(/C(CC)=C(C)/C=C\C)c3C)c2)nc(-c2ccc3c(c2)C2(c4ccccc4Cc4ccccc42)c2ccccc2-3)n1. The Labute approximate surface area is 390 Å². The molecule has 0 saturated carbocycles.